The summed E-state index contributed by atoms with van der Waals surface area (Å²) in [6, 6.07) is 4.12. The Labute approximate surface area is 162 Å². The van der Waals surface area contributed by atoms with Crippen LogP contribution in [0.5, 0.6) is 0 Å². The lowest BCUT2D eigenvalue weighted by Gasteiger charge is -2.14. The Morgan fingerprint density at radius 2 is 2.00 bits per heavy atom. The fraction of sp³-hybridized carbons (Fsp3) is 0.421. The maximum Gasteiger partial charge on any atom is 0.268 e. The van der Waals surface area contributed by atoms with Crippen molar-refractivity contribution in [3.05, 3.63) is 44.9 Å². The highest BCUT2D eigenvalue weighted by molar-refractivity contribution is 8.00. The van der Waals surface area contributed by atoms with E-state index >= 15 is 0 Å². The van der Waals surface area contributed by atoms with Gasteiger partial charge in [0.2, 0.25) is 5.91 Å². The topological polar surface area (TPSA) is 64.0 Å². The molecule has 2 heterocycles. The normalized spacial score (nSPS) is 12.9. The Hall–Kier alpha value is -1.73. The van der Waals surface area contributed by atoms with Gasteiger partial charge in [0.1, 0.15) is 0 Å². The van der Waals surface area contributed by atoms with E-state index in [2.05, 4.69) is 22.4 Å². The van der Waals surface area contributed by atoms with E-state index in [0.717, 1.165) is 39.6 Å². The van der Waals surface area contributed by atoms with Crippen LogP contribution in [0.1, 0.15) is 29.3 Å². The first-order chi connectivity index (χ1) is 12.4. The van der Waals surface area contributed by atoms with E-state index in [1.165, 1.54) is 17.3 Å². The van der Waals surface area contributed by atoms with Gasteiger partial charge in [-0.25, -0.2) is 4.98 Å². The monoisotopic (exact) mass is 389 g/mol. The Balaban J connectivity index is 1.75. The van der Waals surface area contributed by atoms with Crippen molar-refractivity contribution < 1.29 is 4.79 Å². The number of amides is 1. The summed E-state index contributed by atoms with van der Waals surface area (Å²) < 4.78 is 1.66. The van der Waals surface area contributed by atoms with Crippen molar-refractivity contribution in [1.82, 2.24) is 9.55 Å². The number of carbonyl (C=O) groups excluding carboxylic acids is 1. The highest BCUT2D eigenvalue weighted by atomic mass is 32.2. The van der Waals surface area contributed by atoms with Gasteiger partial charge in [-0.15, -0.1) is 11.8 Å². The van der Waals surface area contributed by atoms with Gasteiger partial charge in [-0.3, -0.25) is 14.2 Å². The van der Waals surface area contributed by atoms with E-state index in [-0.39, 0.29) is 17.2 Å². The number of thioether (sulfide) groups is 2. The minimum absolute atomic E-state index is 0.0214. The van der Waals surface area contributed by atoms with Crippen LogP contribution >= 0.6 is 23.5 Å². The van der Waals surface area contributed by atoms with Gasteiger partial charge in [0.15, 0.2) is 5.16 Å². The van der Waals surface area contributed by atoms with E-state index in [1.807, 2.05) is 27.7 Å². The van der Waals surface area contributed by atoms with Crippen LogP contribution in [-0.2, 0) is 17.8 Å². The molecule has 0 saturated heterocycles. The second-order valence-corrected chi connectivity index (χ2v) is 8.48. The van der Waals surface area contributed by atoms with Gasteiger partial charge in [-0.05, 0) is 38.8 Å². The van der Waals surface area contributed by atoms with Gasteiger partial charge in [-0.2, -0.15) is 0 Å². The minimum atomic E-state index is -0.0863. The molecule has 0 atom stereocenters. The summed E-state index contributed by atoms with van der Waals surface area (Å²) in [6.07, 6.45) is 0.821. The van der Waals surface area contributed by atoms with Crippen LogP contribution in [0, 0.1) is 20.8 Å². The van der Waals surface area contributed by atoms with E-state index in [9.17, 15) is 9.59 Å². The summed E-state index contributed by atoms with van der Waals surface area (Å²) in [4.78, 5) is 30.4. The molecule has 0 saturated carbocycles. The average Bonchev–Trinajstić information content (AvgIpc) is 3.05. The number of nitrogens with one attached hydrogen (secondary N) is 1. The van der Waals surface area contributed by atoms with Crippen molar-refractivity contribution >= 4 is 35.1 Å². The summed E-state index contributed by atoms with van der Waals surface area (Å²) in [7, 11) is 0. The third-order valence-corrected chi connectivity index (χ3v) is 6.42. The highest BCUT2D eigenvalue weighted by Gasteiger charge is 2.21. The number of benzene rings is 1. The summed E-state index contributed by atoms with van der Waals surface area (Å²) in [6.45, 7) is 8.52. The lowest BCUT2D eigenvalue weighted by atomic mass is 10.1. The maximum absolute atomic E-state index is 12.6. The Morgan fingerprint density at radius 1 is 1.31 bits per heavy atom. The van der Waals surface area contributed by atoms with E-state index < -0.39 is 0 Å². The molecule has 1 aliphatic rings. The number of hydrogen-bond acceptors (Lipinski definition) is 5. The molecule has 3 rings (SSSR count). The third kappa shape index (κ3) is 3.83. The molecule has 0 radical (unpaired) electrons. The van der Waals surface area contributed by atoms with Crippen molar-refractivity contribution in [1.29, 1.82) is 0 Å². The first-order valence-electron chi connectivity index (χ1n) is 8.67. The van der Waals surface area contributed by atoms with Crippen molar-refractivity contribution in [2.45, 2.75) is 50.7 Å². The molecule has 0 aliphatic carbocycles. The number of aromatic nitrogens is 2. The third-order valence-electron chi connectivity index (χ3n) is 4.34. The van der Waals surface area contributed by atoms with Crippen molar-refractivity contribution in [2.75, 3.05) is 16.8 Å². The summed E-state index contributed by atoms with van der Waals surface area (Å²) >= 11 is 2.90. The van der Waals surface area contributed by atoms with Gasteiger partial charge in [0.25, 0.3) is 5.56 Å². The molecular weight excluding hydrogens is 366 g/mol. The molecule has 7 heteroatoms. The van der Waals surface area contributed by atoms with E-state index in [0.29, 0.717) is 11.7 Å². The fourth-order valence-corrected chi connectivity index (χ4v) is 5.12. The van der Waals surface area contributed by atoms with Gasteiger partial charge in [0, 0.05) is 24.4 Å². The number of fused-ring (bicyclic) bond motifs is 1. The molecule has 138 valence electrons. The van der Waals surface area contributed by atoms with Crippen molar-refractivity contribution in [3.63, 3.8) is 0 Å². The van der Waals surface area contributed by atoms with Gasteiger partial charge in [-0.1, -0.05) is 29.5 Å². The number of carbonyl (C=O) groups is 1. The SMILES string of the molecule is CCn1c(SCC(=O)Nc2c(C)cc(C)cc2C)nc2c(c1=O)SCC2. The van der Waals surface area contributed by atoms with E-state index in [1.54, 1.807) is 16.3 Å². The lowest BCUT2D eigenvalue weighted by Crippen LogP contribution is -2.25. The number of aryl methyl sites for hydroxylation is 4. The first-order valence-corrected chi connectivity index (χ1v) is 10.6. The average molecular weight is 390 g/mol. The summed E-state index contributed by atoms with van der Waals surface area (Å²) in [5, 5.41) is 3.63. The fourth-order valence-electron chi connectivity index (χ4n) is 3.20. The molecule has 2 aromatic rings. The summed E-state index contributed by atoms with van der Waals surface area (Å²) in [5.41, 5.74) is 5.05. The largest absolute Gasteiger partial charge is 0.325 e. The second kappa shape index (κ2) is 7.88. The zero-order chi connectivity index (χ0) is 18.8. The molecule has 1 aromatic carbocycles. The molecule has 0 unspecified atom stereocenters. The molecule has 0 fully saturated rings. The Bertz CT molecular complexity index is 899. The molecule has 26 heavy (non-hydrogen) atoms. The number of hydrogen-bond donors (Lipinski definition) is 1. The highest BCUT2D eigenvalue weighted by Crippen LogP contribution is 2.29. The molecule has 1 aliphatic heterocycles. The van der Waals surface area contributed by atoms with Crippen molar-refractivity contribution in [3.8, 4) is 0 Å². The Morgan fingerprint density at radius 3 is 2.65 bits per heavy atom. The van der Waals surface area contributed by atoms with Crippen molar-refractivity contribution in [2.24, 2.45) is 0 Å². The zero-order valence-corrected chi connectivity index (χ0v) is 17.1. The molecule has 1 N–H and O–H groups in total. The zero-order valence-electron chi connectivity index (χ0n) is 15.5. The lowest BCUT2D eigenvalue weighted by molar-refractivity contribution is -0.113. The molecule has 5 nitrogen and oxygen atoms in total. The molecule has 0 bridgehead atoms. The van der Waals surface area contributed by atoms with Crippen LogP contribution in [0.25, 0.3) is 0 Å². The van der Waals surface area contributed by atoms with Crippen LogP contribution < -0.4 is 10.9 Å². The summed E-state index contributed by atoms with van der Waals surface area (Å²) in [5.74, 6) is 1.05. The van der Waals surface area contributed by atoms with Crippen LogP contribution in [0.3, 0.4) is 0 Å². The minimum Gasteiger partial charge on any atom is -0.325 e. The number of rotatable bonds is 5. The molecule has 1 amide bonds. The van der Waals surface area contributed by atoms with Gasteiger partial charge in [0.05, 0.1) is 16.3 Å². The van der Waals surface area contributed by atoms with Crippen LogP contribution in [0.15, 0.2) is 27.0 Å². The number of anilines is 1. The van der Waals surface area contributed by atoms with E-state index in [4.69, 9.17) is 0 Å². The standard InChI is InChI=1S/C19H23N3O2S2/c1-5-22-18(24)17-14(6-7-25-17)20-19(22)26-10-15(23)21-16-12(3)8-11(2)9-13(16)4/h8-9H,5-7,10H2,1-4H3,(H,21,23). The Kier molecular flexibility index (Phi) is 5.77. The molecule has 0 spiro atoms. The predicted octanol–water partition coefficient (Wildman–Crippen LogP) is 3.57. The second-order valence-electron chi connectivity index (χ2n) is 6.43. The van der Waals surface area contributed by atoms with Gasteiger partial charge < -0.3 is 5.32 Å². The van der Waals surface area contributed by atoms with Gasteiger partial charge >= 0.3 is 0 Å². The molecular formula is C19H23N3O2S2. The first kappa shape index (κ1) is 19.0. The smallest absolute Gasteiger partial charge is 0.268 e. The molecule has 1 aromatic heterocycles. The van der Waals surface area contributed by atoms with Crippen LogP contribution in [0.2, 0.25) is 0 Å². The maximum atomic E-state index is 12.6. The van der Waals surface area contributed by atoms with Crippen LogP contribution in [-0.4, -0.2) is 27.0 Å². The quantitative estimate of drug-likeness (QED) is 0.626. The van der Waals surface area contributed by atoms with Crippen LogP contribution in [0.4, 0.5) is 5.69 Å². The predicted molar refractivity (Wildman–Crippen MR) is 109 cm³/mol. The number of nitrogens with zero attached hydrogens (tertiary/aromatic N) is 2.